The summed E-state index contributed by atoms with van der Waals surface area (Å²) in [5.41, 5.74) is 4.53. The van der Waals surface area contributed by atoms with Crippen LogP contribution in [0.3, 0.4) is 0 Å². The summed E-state index contributed by atoms with van der Waals surface area (Å²) >= 11 is 0. The summed E-state index contributed by atoms with van der Waals surface area (Å²) in [6.07, 6.45) is 0. The SMILES string of the molecule is NNC(=O)c1ccc(-c2ccc(C(=O)O)cc2)cc1. The van der Waals surface area contributed by atoms with Crippen molar-refractivity contribution in [3.63, 3.8) is 0 Å². The van der Waals surface area contributed by atoms with Crippen LogP contribution >= 0.6 is 0 Å². The maximum absolute atomic E-state index is 11.3. The molecular weight excluding hydrogens is 244 g/mol. The first-order valence-corrected chi connectivity index (χ1v) is 5.56. The van der Waals surface area contributed by atoms with Crippen LogP contribution in [0, 0.1) is 0 Å². The zero-order chi connectivity index (χ0) is 13.8. The number of carbonyl (C=O) groups excluding carboxylic acids is 1. The molecule has 0 aliphatic heterocycles. The molecule has 1 amide bonds. The van der Waals surface area contributed by atoms with Gasteiger partial charge in [-0.1, -0.05) is 24.3 Å². The van der Waals surface area contributed by atoms with Gasteiger partial charge >= 0.3 is 5.97 Å². The van der Waals surface area contributed by atoms with Crippen molar-refractivity contribution in [3.05, 3.63) is 59.7 Å². The van der Waals surface area contributed by atoms with E-state index in [2.05, 4.69) is 5.43 Å². The Morgan fingerprint density at radius 3 is 1.63 bits per heavy atom. The monoisotopic (exact) mass is 256 g/mol. The molecule has 0 unspecified atom stereocenters. The maximum Gasteiger partial charge on any atom is 0.335 e. The number of nitrogens with one attached hydrogen (secondary N) is 1. The van der Waals surface area contributed by atoms with E-state index < -0.39 is 5.97 Å². The summed E-state index contributed by atoms with van der Waals surface area (Å²) in [4.78, 5) is 22.0. The van der Waals surface area contributed by atoms with Gasteiger partial charge in [0.15, 0.2) is 0 Å². The van der Waals surface area contributed by atoms with E-state index in [0.717, 1.165) is 11.1 Å². The van der Waals surface area contributed by atoms with E-state index in [1.165, 1.54) is 12.1 Å². The predicted octanol–water partition coefficient (Wildman–Crippen LogP) is 1.66. The fourth-order valence-electron chi connectivity index (χ4n) is 1.70. The molecule has 0 fully saturated rings. The van der Waals surface area contributed by atoms with Crippen molar-refractivity contribution >= 4 is 11.9 Å². The quantitative estimate of drug-likeness (QED) is 0.442. The number of nitrogen functional groups attached to an aromatic ring is 1. The van der Waals surface area contributed by atoms with Gasteiger partial charge in [-0.15, -0.1) is 0 Å². The Morgan fingerprint density at radius 1 is 0.842 bits per heavy atom. The van der Waals surface area contributed by atoms with Crippen LogP contribution in [0.5, 0.6) is 0 Å². The van der Waals surface area contributed by atoms with Crippen LogP contribution in [0.1, 0.15) is 20.7 Å². The molecule has 0 saturated carbocycles. The van der Waals surface area contributed by atoms with E-state index in [0.29, 0.717) is 5.56 Å². The molecule has 2 rings (SSSR count). The van der Waals surface area contributed by atoms with Crippen LogP contribution in [0.25, 0.3) is 11.1 Å². The van der Waals surface area contributed by atoms with Gasteiger partial charge in [-0.25, -0.2) is 10.6 Å². The van der Waals surface area contributed by atoms with E-state index in [1.54, 1.807) is 36.4 Å². The summed E-state index contributed by atoms with van der Waals surface area (Å²) in [7, 11) is 0. The summed E-state index contributed by atoms with van der Waals surface area (Å²) < 4.78 is 0. The minimum atomic E-state index is -0.957. The van der Waals surface area contributed by atoms with E-state index in [-0.39, 0.29) is 11.5 Å². The molecule has 0 saturated heterocycles. The number of amides is 1. The molecule has 0 aromatic heterocycles. The first-order valence-electron chi connectivity index (χ1n) is 5.56. The minimum Gasteiger partial charge on any atom is -0.478 e. The number of hydrogen-bond donors (Lipinski definition) is 3. The van der Waals surface area contributed by atoms with Crippen molar-refractivity contribution in [2.75, 3.05) is 0 Å². The van der Waals surface area contributed by atoms with Gasteiger partial charge in [0, 0.05) is 5.56 Å². The van der Waals surface area contributed by atoms with Gasteiger partial charge in [-0.05, 0) is 35.4 Å². The second-order valence-electron chi connectivity index (χ2n) is 3.93. The average Bonchev–Trinajstić information content (AvgIpc) is 2.46. The molecule has 0 atom stereocenters. The van der Waals surface area contributed by atoms with Gasteiger partial charge in [0.1, 0.15) is 0 Å². The van der Waals surface area contributed by atoms with E-state index in [4.69, 9.17) is 10.9 Å². The Bertz CT molecular complexity index is 604. The number of rotatable bonds is 3. The van der Waals surface area contributed by atoms with Gasteiger partial charge in [0.2, 0.25) is 0 Å². The normalized spacial score (nSPS) is 9.95. The van der Waals surface area contributed by atoms with E-state index in [9.17, 15) is 9.59 Å². The number of hydrogen-bond acceptors (Lipinski definition) is 3. The summed E-state index contributed by atoms with van der Waals surface area (Å²) in [5.74, 6) is 3.73. The molecule has 96 valence electrons. The molecule has 0 spiro atoms. The maximum atomic E-state index is 11.3. The number of benzene rings is 2. The largest absolute Gasteiger partial charge is 0.478 e. The third-order valence-corrected chi connectivity index (χ3v) is 2.74. The highest BCUT2D eigenvalue weighted by Gasteiger charge is 2.05. The molecule has 19 heavy (non-hydrogen) atoms. The summed E-state index contributed by atoms with van der Waals surface area (Å²) in [6, 6.07) is 13.4. The fraction of sp³-hybridized carbons (Fsp3) is 0. The standard InChI is InChI=1S/C14H12N2O3/c15-16-13(17)11-5-1-9(2-6-11)10-3-7-12(8-4-10)14(18)19/h1-8H,15H2,(H,16,17)(H,18,19). The highest BCUT2D eigenvalue weighted by molar-refractivity contribution is 5.94. The molecule has 2 aromatic carbocycles. The zero-order valence-electron chi connectivity index (χ0n) is 9.96. The van der Waals surface area contributed by atoms with Crippen molar-refractivity contribution in [3.8, 4) is 11.1 Å². The van der Waals surface area contributed by atoms with E-state index >= 15 is 0 Å². The number of hydrazine groups is 1. The lowest BCUT2D eigenvalue weighted by Gasteiger charge is -2.04. The number of aromatic carboxylic acids is 1. The summed E-state index contributed by atoms with van der Waals surface area (Å²) in [6.45, 7) is 0. The molecule has 0 heterocycles. The first kappa shape index (κ1) is 12.8. The van der Waals surface area contributed by atoms with Crippen LogP contribution < -0.4 is 11.3 Å². The molecule has 0 aliphatic rings. The molecule has 2 aromatic rings. The van der Waals surface area contributed by atoms with Gasteiger partial charge < -0.3 is 5.11 Å². The van der Waals surface area contributed by atoms with Crippen molar-refractivity contribution in [1.82, 2.24) is 5.43 Å². The molecule has 0 radical (unpaired) electrons. The third kappa shape index (κ3) is 2.78. The van der Waals surface area contributed by atoms with Crippen LogP contribution in [0.2, 0.25) is 0 Å². The lowest BCUT2D eigenvalue weighted by atomic mass is 10.0. The van der Waals surface area contributed by atoms with Gasteiger partial charge in [-0.2, -0.15) is 0 Å². The Hall–Kier alpha value is -2.66. The lowest BCUT2D eigenvalue weighted by Crippen LogP contribution is -2.29. The number of carboxylic acid groups (broad SMARTS) is 1. The Morgan fingerprint density at radius 2 is 1.26 bits per heavy atom. The van der Waals surface area contributed by atoms with Gasteiger partial charge in [-0.3, -0.25) is 10.2 Å². The Balaban J connectivity index is 2.27. The number of carbonyl (C=O) groups is 2. The smallest absolute Gasteiger partial charge is 0.335 e. The average molecular weight is 256 g/mol. The third-order valence-electron chi connectivity index (χ3n) is 2.74. The molecular formula is C14H12N2O3. The Labute approximate surface area is 109 Å². The molecule has 4 N–H and O–H groups in total. The first-order chi connectivity index (χ1) is 9.11. The Kier molecular flexibility index (Phi) is 3.58. The molecule has 5 heteroatoms. The molecule has 0 aliphatic carbocycles. The second-order valence-corrected chi connectivity index (χ2v) is 3.93. The van der Waals surface area contributed by atoms with Crippen molar-refractivity contribution in [2.24, 2.45) is 5.84 Å². The van der Waals surface area contributed by atoms with Crippen molar-refractivity contribution in [2.45, 2.75) is 0 Å². The fourth-order valence-corrected chi connectivity index (χ4v) is 1.70. The van der Waals surface area contributed by atoms with Crippen LogP contribution in [0.15, 0.2) is 48.5 Å². The molecule has 5 nitrogen and oxygen atoms in total. The zero-order valence-corrected chi connectivity index (χ0v) is 9.96. The van der Waals surface area contributed by atoms with Gasteiger partial charge in [0.05, 0.1) is 5.56 Å². The predicted molar refractivity (Wildman–Crippen MR) is 70.5 cm³/mol. The van der Waals surface area contributed by atoms with Gasteiger partial charge in [0.25, 0.3) is 5.91 Å². The second kappa shape index (κ2) is 5.32. The van der Waals surface area contributed by atoms with Crippen molar-refractivity contribution < 1.29 is 14.7 Å². The van der Waals surface area contributed by atoms with Crippen LogP contribution in [-0.2, 0) is 0 Å². The lowest BCUT2D eigenvalue weighted by molar-refractivity contribution is 0.0696. The van der Waals surface area contributed by atoms with Crippen LogP contribution in [0.4, 0.5) is 0 Å². The number of carboxylic acids is 1. The van der Waals surface area contributed by atoms with E-state index in [1.807, 2.05) is 0 Å². The molecule has 0 bridgehead atoms. The minimum absolute atomic E-state index is 0.239. The summed E-state index contributed by atoms with van der Waals surface area (Å²) in [5, 5.41) is 8.81. The highest BCUT2D eigenvalue weighted by atomic mass is 16.4. The number of nitrogens with two attached hydrogens (primary N) is 1. The highest BCUT2D eigenvalue weighted by Crippen LogP contribution is 2.20. The van der Waals surface area contributed by atoms with Crippen molar-refractivity contribution in [1.29, 1.82) is 0 Å². The topological polar surface area (TPSA) is 92.4 Å². The van der Waals surface area contributed by atoms with Crippen LogP contribution in [-0.4, -0.2) is 17.0 Å².